The van der Waals surface area contributed by atoms with Crippen molar-refractivity contribution >= 4 is 11.5 Å². The van der Waals surface area contributed by atoms with E-state index in [-0.39, 0.29) is 6.61 Å². The van der Waals surface area contributed by atoms with Crippen LogP contribution < -0.4 is 11.1 Å². The molecule has 1 aromatic rings. The predicted molar refractivity (Wildman–Crippen MR) is 58.7 cm³/mol. The predicted octanol–water partition coefficient (Wildman–Crippen LogP) is 1.67. The normalized spacial score (nSPS) is 10.8. The van der Waals surface area contributed by atoms with Gasteiger partial charge in [0.1, 0.15) is 12.4 Å². The Hall–Kier alpha value is -1.43. The van der Waals surface area contributed by atoms with Gasteiger partial charge in [0.05, 0.1) is 12.3 Å². The molecule has 0 aromatic carbocycles. The molecule has 16 heavy (non-hydrogen) atoms. The van der Waals surface area contributed by atoms with E-state index in [1.807, 2.05) is 6.92 Å². The van der Waals surface area contributed by atoms with Crippen LogP contribution >= 0.6 is 0 Å². The summed E-state index contributed by atoms with van der Waals surface area (Å²) in [7, 11) is 0. The second-order valence-corrected chi connectivity index (χ2v) is 3.28. The van der Waals surface area contributed by atoms with E-state index < -0.39 is 13.0 Å². The van der Waals surface area contributed by atoms with Crippen molar-refractivity contribution in [1.29, 1.82) is 0 Å². The minimum atomic E-state index is -2.43. The summed E-state index contributed by atoms with van der Waals surface area (Å²) in [6, 6.07) is 1.80. The Morgan fingerprint density at radius 2 is 2.31 bits per heavy atom. The first-order valence-corrected chi connectivity index (χ1v) is 4.92. The van der Waals surface area contributed by atoms with Crippen LogP contribution in [0.3, 0.4) is 0 Å². The quantitative estimate of drug-likeness (QED) is 0.731. The summed E-state index contributed by atoms with van der Waals surface area (Å²) in [6.07, 6.45) is -0.796. The minimum absolute atomic E-state index is 0.194. The zero-order chi connectivity index (χ0) is 12.0. The number of ether oxygens (including phenoxy) is 1. The number of nitrogens with one attached hydrogen (secondary N) is 1. The molecular formula is C10H15F2N3O. The van der Waals surface area contributed by atoms with Crippen molar-refractivity contribution in [2.75, 3.05) is 30.8 Å². The summed E-state index contributed by atoms with van der Waals surface area (Å²) in [5, 5.41) is 2.92. The molecular weight excluding hydrogens is 216 g/mol. The van der Waals surface area contributed by atoms with Gasteiger partial charge in [-0.05, 0) is 18.6 Å². The molecule has 0 atom stereocenters. The lowest BCUT2D eigenvalue weighted by Gasteiger charge is -2.09. The first kappa shape index (κ1) is 12.6. The van der Waals surface area contributed by atoms with Crippen molar-refractivity contribution in [3.8, 4) is 0 Å². The second kappa shape index (κ2) is 6.22. The number of hydrogen-bond acceptors (Lipinski definition) is 4. The number of nitrogens with two attached hydrogens (primary N) is 1. The van der Waals surface area contributed by atoms with Gasteiger partial charge in [0.15, 0.2) is 0 Å². The van der Waals surface area contributed by atoms with Crippen LogP contribution in [-0.4, -0.2) is 31.2 Å². The fourth-order valence-electron chi connectivity index (χ4n) is 1.12. The van der Waals surface area contributed by atoms with Crippen molar-refractivity contribution in [1.82, 2.24) is 4.98 Å². The molecule has 1 rings (SSSR count). The maximum atomic E-state index is 11.7. The lowest BCUT2D eigenvalue weighted by molar-refractivity contribution is 0.0215. The highest BCUT2D eigenvalue weighted by atomic mass is 19.3. The van der Waals surface area contributed by atoms with Gasteiger partial charge in [-0.1, -0.05) is 0 Å². The summed E-state index contributed by atoms with van der Waals surface area (Å²) in [4.78, 5) is 4.03. The highest BCUT2D eigenvalue weighted by Gasteiger charge is 2.03. The van der Waals surface area contributed by atoms with Crippen molar-refractivity contribution in [2.24, 2.45) is 0 Å². The molecule has 0 radical (unpaired) electrons. The van der Waals surface area contributed by atoms with E-state index in [9.17, 15) is 8.78 Å². The van der Waals surface area contributed by atoms with Crippen LogP contribution in [0.2, 0.25) is 0 Å². The van der Waals surface area contributed by atoms with E-state index in [2.05, 4.69) is 10.3 Å². The van der Waals surface area contributed by atoms with Crippen LogP contribution in [-0.2, 0) is 4.74 Å². The fraction of sp³-hybridized carbons (Fsp3) is 0.500. The Kier molecular flexibility index (Phi) is 4.91. The molecule has 90 valence electrons. The number of aromatic nitrogens is 1. The van der Waals surface area contributed by atoms with E-state index in [0.717, 1.165) is 5.56 Å². The fourth-order valence-corrected chi connectivity index (χ4v) is 1.12. The molecule has 0 aliphatic rings. The van der Waals surface area contributed by atoms with Gasteiger partial charge < -0.3 is 15.8 Å². The number of pyridine rings is 1. The van der Waals surface area contributed by atoms with Crippen molar-refractivity contribution in [3.05, 3.63) is 17.8 Å². The number of anilines is 2. The lowest BCUT2D eigenvalue weighted by Crippen LogP contribution is -2.14. The largest absolute Gasteiger partial charge is 0.396 e. The molecule has 3 N–H and O–H groups in total. The number of aryl methyl sites for hydroxylation is 1. The van der Waals surface area contributed by atoms with Gasteiger partial charge >= 0.3 is 0 Å². The summed E-state index contributed by atoms with van der Waals surface area (Å²) in [6.45, 7) is 1.92. The summed E-state index contributed by atoms with van der Waals surface area (Å²) in [5.41, 5.74) is 7.25. The monoisotopic (exact) mass is 231 g/mol. The summed E-state index contributed by atoms with van der Waals surface area (Å²) < 4.78 is 28.2. The highest BCUT2D eigenvalue weighted by Crippen LogP contribution is 2.17. The van der Waals surface area contributed by atoms with Gasteiger partial charge in [0, 0.05) is 12.7 Å². The third-order valence-electron chi connectivity index (χ3n) is 1.99. The maximum absolute atomic E-state index is 11.7. The molecule has 1 aromatic heterocycles. The number of rotatable bonds is 6. The Balaban J connectivity index is 2.29. The van der Waals surface area contributed by atoms with Crippen molar-refractivity contribution in [3.63, 3.8) is 0 Å². The Labute approximate surface area is 92.8 Å². The summed E-state index contributed by atoms with van der Waals surface area (Å²) >= 11 is 0. The van der Waals surface area contributed by atoms with Gasteiger partial charge in [0.2, 0.25) is 0 Å². The van der Waals surface area contributed by atoms with Crippen molar-refractivity contribution in [2.45, 2.75) is 13.3 Å². The Morgan fingerprint density at radius 3 is 3.00 bits per heavy atom. The number of alkyl halides is 2. The number of hydrogen-bond donors (Lipinski definition) is 2. The number of halogens is 2. The van der Waals surface area contributed by atoms with E-state index >= 15 is 0 Å². The van der Waals surface area contributed by atoms with Crippen LogP contribution in [0.1, 0.15) is 5.56 Å². The van der Waals surface area contributed by atoms with E-state index in [4.69, 9.17) is 10.5 Å². The third kappa shape index (κ3) is 3.98. The van der Waals surface area contributed by atoms with Gasteiger partial charge in [-0.2, -0.15) is 0 Å². The zero-order valence-corrected chi connectivity index (χ0v) is 9.04. The molecule has 0 spiro atoms. The van der Waals surface area contributed by atoms with Crippen LogP contribution in [0.5, 0.6) is 0 Å². The molecule has 0 amide bonds. The maximum Gasteiger partial charge on any atom is 0.261 e. The number of nitrogen functional groups attached to an aromatic ring is 1. The molecule has 0 saturated carbocycles. The van der Waals surface area contributed by atoms with Crippen LogP contribution in [0.15, 0.2) is 12.3 Å². The topological polar surface area (TPSA) is 60.2 Å². The Morgan fingerprint density at radius 1 is 1.56 bits per heavy atom. The van der Waals surface area contributed by atoms with E-state index in [1.54, 1.807) is 12.3 Å². The first-order chi connectivity index (χ1) is 7.61. The third-order valence-corrected chi connectivity index (χ3v) is 1.99. The molecule has 4 nitrogen and oxygen atoms in total. The van der Waals surface area contributed by atoms with Gasteiger partial charge in [0.25, 0.3) is 6.43 Å². The standard InChI is InChI=1S/C10H15F2N3O/c1-7-2-3-14-10(9(7)13)15-4-5-16-6-8(11)12/h2-3,8H,4-6,13H2,1H3,(H,14,15). The van der Waals surface area contributed by atoms with E-state index in [0.29, 0.717) is 18.1 Å². The highest BCUT2D eigenvalue weighted by molar-refractivity contribution is 5.64. The zero-order valence-electron chi connectivity index (χ0n) is 9.04. The number of nitrogens with zero attached hydrogens (tertiary/aromatic N) is 1. The van der Waals surface area contributed by atoms with Gasteiger partial charge in [-0.25, -0.2) is 13.8 Å². The van der Waals surface area contributed by atoms with Crippen molar-refractivity contribution < 1.29 is 13.5 Å². The summed E-state index contributed by atoms with van der Waals surface area (Å²) in [5.74, 6) is 0.556. The smallest absolute Gasteiger partial charge is 0.261 e. The first-order valence-electron chi connectivity index (χ1n) is 4.92. The van der Waals surface area contributed by atoms with Crippen LogP contribution in [0.4, 0.5) is 20.3 Å². The van der Waals surface area contributed by atoms with Crippen LogP contribution in [0, 0.1) is 6.92 Å². The Bertz CT molecular complexity index is 334. The van der Waals surface area contributed by atoms with E-state index in [1.165, 1.54) is 0 Å². The molecule has 0 fully saturated rings. The molecule has 0 aliphatic heterocycles. The molecule has 1 heterocycles. The van der Waals surface area contributed by atoms with Gasteiger partial charge in [-0.15, -0.1) is 0 Å². The molecule has 0 aliphatic carbocycles. The van der Waals surface area contributed by atoms with Gasteiger partial charge in [-0.3, -0.25) is 0 Å². The molecule has 0 bridgehead atoms. The minimum Gasteiger partial charge on any atom is -0.396 e. The molecule has 0 unspecified atom stereocenters. The van der Waals surface area contributed by atoms with Crippen LogP contribution in [0.25, 0.3) is 0 Å². The average molecular weight is 231 g/mol. The second-order valence-electron chi connectivity index (χ2n) is 3.28. The SMILES string of the molecule is Cc1ccnc(NCCOCC(F)F)c1N. The average Bonchev–Trinajstić information content (AvgIpc) is 2.23. The molecule has 0 saturated heterocycles. The molecule has 6 heteroatoms. The lowest BCUT2D eigenvalue weighted by atomic mass is 10.2.